The van der Waals surface area contributed by atoms with E-state index < -0.39 is 23.0 Å². The van der Waals surface area contributed by atoms with Crippen molar-refractivity contribution >= 4 is 46.1 Å². The number of carbonyl (C=O) groups is 2. The van der Waals surface area contributed by atoms with Gasteiger partial charge in [-0.05, 0) is 31.5 Å². The van der Waals surface area contributed by atoms with Gasteiger partial charge in [0.05, 0.1) is 32.4 Å². The maximum absolute atomic E-state index is 13.4. The van der Waals surface area contributed by atoms with E-state index in [9.17, 15) is 24.8 Å². The van der Waals surface area contributed by atoms with Gasteiger partial charge < -0.3 is 5.11 Å². The van der Waals surface area contributed by atoms with Crippen molar-refractivity contribution in [2.75, 3.05) is 0 Å². The molecule has 0 unspecified atom stereocenters. The third kappa shape index (κ3) is 3.93. The number of aromatic nitrogens is 1. The Morgan fingerprint density at radius 3 is 2.29 bits per heavy atom. The molecule has 0 radical (unpaired) electrons. The molecule has 0 saturated carbocycles. The second kappa shape index (κ2) is 9.45. The topological polar surface area (TPSA) is 125 Å². The van der Waals surface area contributed by atoms with Crippen molar-refractivity contribution in [1.82, 2.24) is 4.57 Å². The molecule has 0 spiro atoms. The highest BCUT2D eigenvalue weighted by Crippen LogP contribution is 2.39. The number of fused-ring (bicyclic) bond motifs is 2. The number of carbonyl (C=O) groups excluding carboxylic acids is 2. The van der Waals surface area contributed by atoms with Gasteiger partial charge in [-0.15, -0.1) is 10.2 Å². The molecule has 4 rings (SSSR count). The van der Waals surface area contributed by atoms with Crippen molar-refractivity contribution < 1.29 is 14.7 Å². The van der Waals surface area contributed by atoms with Gasteiger partial charge in [0.25, 0.3) is 5.56 Å². The molecular formula is C25H18Cl2N4O4. The fourth-order valence-corrected chi connectivity index (χ4v) is 4.48. The van der Waals surface area contributed by atoms with E-state index in [2.05, 4.69) is 10.2 Å². The molecule has 8 nitrogen and oxygen atoms in total. The summed E-state index contributed by atoms with van der Waals surface area (Å²) in [5.41, 5.74) is -0.581. The fourth-order valence-electron chi connectivity index (χ4n) is 3.99. The van der Waals surface area contributed by atoms with Crippen LogP contribution in [0.3, 0.4) is 0 Å². The van der Waals surface area contributed by atoms with E-state index in [1.165, 1.54) is 37.3 Å². The number of azo groups is 1. The van der Waals surface area contributed by atoms with Crippen LogP contribution in [0, 0.1) is 18.3 Å². The third-order valence-corrected chi connectivity index (χ3v) is 6.46. The second-order valence-electron chi connectivity index (χ2n) is 7.93. The van der Waals surface area contributed by atoms with Gasteiger partial charge in [-0.3, -0.25) is 19.0 Å². The van der Waals surface area contributed by atoms with E-state index in [-0.39, 0.29) is 61.3 Å². The first-order valence-corrected chi connectivity index (χ1v) is 11.5. The Morgan fingerprint density at radius 2 is 1.66 bits per heavy atom. The molecule has 1 aromatic heterocycles. The standard InChI is InChI=1S/C25H18Cl2N4O4/c1-3-4-10-31-24(34)14(11-28)12(2)21(25(31)35)30-29-17-7-5-6-13-18(17)23(33)20-16(27)9-8-15(26)19(20)22(13)32/h5-9,34H,3-4,10H2,1-2H3. The molecule has 2 aromatic carbocycles. The fraction of sp³-hybridized carbons (Fsp3) is 0.200. The molecule has 0 saturated heterocycles. The van der Waals surface area contributed by atoms with Crippen LogP contribution in [0.2, 0.25) is 10.0 Å². The molecule has 1 aliphatic rings. The zero-order valence-corrected chi connectivity index (χ0v) is 20.2. The van der Waals surface area contributed by atoms with Crippen molar-refractivity contribution in [1.29, 1.82) is 5.26 Å². The molecule has 0 bridgehead atoms. The first-order valence-electron chi connectivity index (χ1n) is 10.7. The maximum Gasteiger partial charge on any atom is 0.281 e. The van der Waals surface area contributed by atoms with Crippen LogP contribution in [0.4, 0.5) is 11.4 Å². The average molecular weight is 509 g/mol. The van der Waals surface area contributed by atoms with Crippen molar-refractivity contribution in [2.45, 2.75) is 33.2 Å². The SMILES string of the molecule is CCCCn1c(O)c(C#N)c(C)c(N=Nc2cccc3c2C(=O)c2c(Cl)ccc(Cl)c2C3=O)c1=O. The lowest BCUT2D eigenvalue weighted by atomic mass is 9.83. The summed E-state index contributed by atoms with van der Waals surface area (Å²) in [7, 11) is 0. The molecule has 3 aromatic rings. The zero-order valence-electron chi connectivity index (χ0n) is 18.7. The van der Waals surface area contributed by atoms with E-state index in [0.717, 1.165) is 11.0 Å². The quantitative estimate of drug-likeness (QED) is 0.329. The van der Waals surface area contributed by atoms with Gasteiger partial charge in [-0.1, -0.05) is 48.7 Å². The summed E-state index contributed by atoms with van der Waals surface area (Å²) in [6.07, 6.45) is 1.36. The number of pyridine rings is 1. The van der Waals surface area contributed by atoms with Crippen molar-refractivity contribution in [3.05, 3.63) is 84.1 Å². The summed E-state index contributed by atoms with van der Waals surface area (Å²) < 4.78 is 1.08. The number of rotatable bonds is 5. The lowest BCUT2D eigenvalue weighted by Crippen LogP contribution is -2.22. The molecule has 176 valence electrons. The summed E-state index contributed by atoms with van der Waals surface area (Å²) in [6.45, 7) is 3.60. The van der Waals surface area contributed by atoms with Crippen molar-refractivity contribution in [2.24, 2.45) is 10.2 Å². The van der Waals surface area contributed by atoms with E-state index >= 15 is 0 Å². The number of unbranched alkanes of at least 4 members (excludes halogenated alkanes) is 1. The highest BCUT2D eigenvalue weighted by molar-refractivity contribution is 6.43. The van der Waals surface area contributed by atoms with Crippen LogP contribution in [-0.4, -0.2) is 21.2 Å². The maximum atomic E-state index is 13.4. The van der Waals surface area contributed by atoms with Crippen LogP contribution in [0.25, 0.3) is 0 Å². The lowest BCUT2D eigenvalue weighted by molar-refractivity contribution is 0.0979. The Kier molecular flexibility index (Phi) is 6.57. The van der Waals surface area contributed by atoms with E-state index in [1.807, 2.05) is 13.0 Å². The largest absolute Gasteiger partial charge is 0.493 e. The summed E-state index contributed by atoms with van der Waals surface area (Å²) in [6, 6.07) is 9.27. The van der Waals surface area contributed by atoms with Gasteiger partial charge in [-0.2, -0.15) is 5.26 Å². The Labute approximate surface area is 210 Å². The van der Waals surface area contributed by atoms with Crippen LogP contribution >= 0.6 is 23.2 Å². The minimum Gasteiger partial charge on any atom is -0.493 e. The van der Waals surface area contributed by atoms with Crippen LogP contribution in [0.5, 0.6) is 5.88 Å². The normalized spacial score (nSPS) is 12.5. The summed E-state index contributed by atoms with van der Waals surface area (Å²) in [4.78, 5) is 39.6. The number of nitrogens with zero attached hydrogens (tertiary/aromatic N) is 4. The molecule has 10 heteroatoms. The van der Waals surface area contributed by atoms with Gasteiger partial charge in [0.1, 0.15) is 11.6 Å². The average Bonchev–Trinajstić information content (AvgIpc) is 2.84. The molecular weight excluding hydrogens is 491 g/mol. The number of halogens is 2. The molecule has 1 heterocycles. The van der Waals surface area contributed by atoms with Gasteiger partial charge in [-0.25, -0.2) is 0 Å². The predicted molar refractivity (Wildman–Crippen MR) is 131 cm³/mol. The van der Waals surface area contributed by atoms with Crippen molar-refractivity contribution in [3.8, 4) is 11.9 Å². The molecule has 1 aliphatic carbocycles. The summed E-state index contributed by atoms with van der Waals surface area (Å²) in [5, 5.41) is 28.3. The van der Waals surface area contributed by atoms with Gasteiger partial charge in [0, 0.05) is 17.7 Å². The highest BCUT2D eigenvalue weighted by Gasteiger charge is 2.35. The zero-order chi connectivity index (χ0) is 25.4. The molecule has 0 aliphatic heterocycles. The Hall–Kier alpha value is -3.80. The number of nitriles is 1. The van der Waals surface area contributed by atoms with Crippen LogP contribution < -0.4 is 5.56 Å². The monoisotopic (exact) mass is 508 g/mol. The molecule has 0 fully saturated rings. The molecule has 0 atom stereocenters. The molecule has 35 heavy (non-hydrogen) atoms. The van der Waals surface area contributed by atoms with Gasteiger partial charge in [0.15, 0.2) is 17.3 Å². The molecule has 1 N–H and O–H groups in total. The minimum atomic E-state index is -0.622. The molecule has 0 amide bonds. The number of ketones is 2. The second-order valence-corrected chi connectivity index (χ2v) is 8.75. The van der Waals surface area contributed by atoms with Crippen LogP contribution in [0.15, 0.2) is 45.4 Å². The number of hydrogen-bond acceptors (Lipinski definition) is 7. The smallest absolute Gasteiger partial charge is 0.281 e. The third-order valence-electron chi connectivity index (χ3n) is 5.83. The van der Waals surface area contributed by atoms with Gasteiger partial charge >= 0.3 is 0 Å². The van der Waals surface area contributed by atoms with E-state index in [1.54, 1.807) is 0 Å². The lowest BCUT2D eigenvalue weighted by Gasteiger charge is -2.20. The van der Waals surface area contributed by atoms with Crippen LogP contribution in [0.1, 0.15) is 62.7 Å². The summed E-state index contributed by atoms with van der Waals surface area (Å²) >= 11 is 12.4. The number of hydrogen-bond donors (Lipinski definition) is 1. The Bertz CT molecular complexity index is 1550. The first-order chi connectivity index (χ1) is 16.7. The van der Waals surface area contributed by atoms with Crippen LogP contribution in [-0.2, 0) is 6.54 Å². The Balaban J connectivity index is 1.89. The first kappa shape index (κ1) is 24.3. The Morgan fingerprint density at radius 1 is 1.00 bits per heavy atom. The minimum absolute atomic E-state index is 0.0128. The van der Waals surface area contributed by atoms with E-state index in [4.69, 9.17) is 23.2 Å². The summed E-state index contributed by atoms with van der Waals surface area (Å²) in [5.74, 6) is -1.45. The predicted octanol–water partition coefficient (Wildman–Crippen LogP) is 6.03. The van der Waals surface area contributed by atoms with E-state index in [0.29, 0.717) is 6.42 Å². The number of aromatic hydroxyl groups is 1. The van der Waals surface area contributed by atoms with Gasteiger partial charge in [0.2, 0.25) is 5.88 Å². The van der Waals surface area contributed by atoms with Crippen molar-refractivity contribution in [3.63, 3.8) is 0 Å². The number of benzene rings is 2. The highest BCUT2D eigenvalue weighted by atomic mass is 35.5.